The molecule has 0 aliphatic heterocycles. The van der Waals surface area contributed by atoms with Crippen molar-refractivity contribution in [2.24, 2.45) is 5.10 Å². The lowest BCUT2D eigenvalue weighted by atomic mass is 10.1. The lowest BCUT2D eigenvalue weighted by molar-refractivity contribution is -0.385. The molecule has 3 aromatic rings. The molecular formula is C21H18N4O6S. The van der Waals surface area contributed by atoms with Gasteiger partial charge in [-0.2, -0.15) is 5.10 Å². The van der Waals surface area contributed by atoms with Crippen molar-refractivity contribution >= 4 is 38.8 Å². The normalized spacial score (nSPS) is 11.6. The quantitative estimate of drug-likeness (QED) is 0.265. The van der Waals surface area contributed by atoms with Crippen LogP contribution in [0.1, 0.15) is 22.8 Å². The summed E-state index contributed by atoms with van der Waals surface area (Å²) >= 11 is 0. The standard InChI is InChI=1S/C21H18N4O6S/c1-14(15-7-3-2-4-8-15)22-23-19-12-11-16(25(28)29)13-20(19)32(30,31)24-18-10-6-5-9-17(18)21(26)27/h2-13,23-24H,1H3,(H,26,27). The predicted molar refractivity (Wildman–Crippen MR) is 120 cm³/mol. The third kappa shape index (κ3) is 5.08. The van der Waals surface area contributed by atoms with E-state index in [2.05, 4.69) is 15.2 Å². The number of hydrogen-bond acceptors (Lipinski definition) is 7. The Kier molecular flexibility index (Phi) is 6.50. The van der Waals surface area contributed by atoms with Gasteiger partial charge in [0.25, 0.3) is 15.7 Å². The molecule has 0 saturated carbocycles. The van der Waals surface area contributed by atoms with Gasteiger partial charge in [0.1, 0.15) is 4.90 Å². The zero-order valence-electron chi connectivity index (χ0n) is 16.7. The Labute approximate surface area is 183 Å². The number of hydrogen-bond donors (Lipinski definition) is 3. The van der Waals surface area contributed by atoms with Crippen molar-refractivity contribution in [3.05, 3.63) is 94.0 Å². The SMILES string of the molecule is CC(=NNc1ccc([N+](=O)[O-])cc1S(=O)(=O)Nc1ccccc1C(=O)O)c1ccccc1. The number of carboxylic acid groups (broad SMARTS) is 1. The van der Waals surface area contributed by atoms with Gasteiger partial charge in [-0.05, 0) is 30.7 Å². The Morgan fingerprint density at radius 3 is 2.31 bits per heavy atom. The van der Waals surface area contributed by atoms with Crippen LogP contribution >= 0.6 is 0 Å². The molecule has 3 rings (SSSR count). The van der Waals surface area contributed by atoms with E-state index in [-0.39, 0.29) is 16.9 Å². The van der Waals surface area contributed by atoms with E-state index in [1.54, 1.807) is 6.92 Å². The molecule has 0 aliphatic rings. The number of nitrogens with zero attached hydrogens (tertiary/aromatic N) is 2. The monoisotopic (exact) mass is 454 g/mol. The molecule has 0 aromatic heterocycles. The summed E-state index contributed by atoms with van der Waals surface area (Å²) in [6.07, 6.45) is 0. The van der Waals surface area contributed by atoms with Crippen LogP contribution in [-0.2, 0) is 10.0 Å². The van der Waals surface area contributed by atoms with Gasteiger partial charge < -0.3 is 5.11 Å². The molecule has 3 aromatic carbocycles. The Morgan fingerprint density at radius 2 is 1.66 bits per heavy atom. The van der Waals surface area contributed by atoms with Gasteiger partial charge in [0.15, 0.2) is 0 Å². The Hall–Kier alpha value is -4.25. The number of nitro groups is 1. The van der Waals surface area contributed by atoms with Crippen molar-refractivity contribution < 1.29 is 23.2 Å². The summed E-state index contributed by atoms with van der Waals surface area (Å²) in [4.78, 5) is 21.4. The van der Waals surface area contributed by atoms with Gasteiger partial charge in [0.2, 0.25) is 0 Å². The van der Waals surface area contributed by atoms with Crippen LogP contribution < -0.4 is 10.1 Å². The summed E-state index contributed by atoms with van der Waals surface area (Å²) in [5, 5.41) is 24.7. The van der Waals surface area contributed by atoms with Gasteiger partial charge in [-0.1, -0.05) is 42.5 Å². The van der Waals surface area contributed by atoms with Crippen molar-refractivity contribution in [3.8, 4) is 0 Å². The lowest BCUT2D eigenvalue weighted by Gasteiger charge is -2.14. The summed E-state index contributed by atoms with van der Waals surface area (Å²) in [6.45, 7) is 1.71. The van der Waals surface area contributed by atoms with E-state index in [1.165, 1.54) is 30.3 Å². The van der Waals surface area contributed by atoms with E-state index in [0.717, 1.165) is 17.7 Å². The van der Waals surface area contributed by atoms with Gasteiger partial charge in [-0.25, -0.2) is 13.2 Å². The number of nitro benzene ring substituents is 1. The number of benzene rings is 3. The highest BCUT2D eigenvalue weighted by Crippen LogP contribution is 2.29. The van der Waals surface area contributed by atoms with Crippen LogP contribution in [0, 0.1) is 10.1 Å². The number of carbonyl (C=O) groups is 1. The smallest absolute Gasteiger partial charge is 0.337 e. The summed E-state index contributed by atoms with van der Waals surface area (Å²) in [6, 6.07) is 17.8. The molecule has 0 radical (unpaired) electrons. The first kappa shape index (κ1) is 22.4. The van der Waals surface area contributed by atoms with Crippen molar-refractivity contribution in [3.63, 3.8) is 0 Å². The largest absolute Gasteiger partial charge is 0.478 e. The Balaban J connectivity index is 2.03. The first-order chi connectivity index (χ1) is 15.2. The molecule has 10 nitrogen and oxygen atoms in total. The fraction of sp³-hybridized carbons (Fsp3) is 0.0476. The molecular weight excluding hydrogens is 436 g/mol. The average molecular weight is 454 g/mol. The highest BCUT2D eigenvalue weighted by Gasteiger charge is 2.24. The fourth-order valence-corrected chi connectivity index (χ4v) is 4.04. The van der Waals surface area contributed by atoms with Gasteiger partial charge in [-0.15, -0.1) is 0 Å². The predicted octanol–water partition coefficient (Wildman–Crippen LogP) is 3.93. The summed E-state index contributed by atoms with van der Waals surface area (Å²) in [7, 11) is -4.42. The van der Waals surface area contributed by atoms with Gasteiger partial charge in [-0.3, -0.25) is 20.3 Å². The van der Waals surface area contributed by atoms with E-state index in [4.69, 9.17) is 0 Å². The maximum atomic E-state index is 13.1. The van der Waals surface area contributed by atoms with Crippen LogP contribution in [0.15, 0.2) is 82.8 Å². The van der Waals surface area contributed by atoms with Gasteiger partial charge >= 0.3 is 5.97 Å². The molecule has 164 valence electrons. The van der Waals surface area contributed by atoms with Crippen LogP contribution in [0.2, 0.25) is 0 Å². The minimum Gasteiger partial charge on any atom is -0.478 e. The molecule has 0 aliphatic carbocycles. The van der Waals surface area contributed by atoms with Gasteiger partial charge in [0, 0.05) is 12.1 Å². The van der Waals surface area contributed by atoms with Crippen LogP contribution in [0.5, 0.6) is 0 Å². The molecule has 0 unspecified atom stereocenters. The minimum atomic E-state index is -4.42. The third-order valence-electron chi connectivity index (χ3n) is 4.40. The maximum absolute atomic E-state index is 13.1. The number of carboxylic acids is 1. The summed E-state index contributed by atoms with van der Waals surface area (Å²) in [5.41, 5.74) is 3.06. The van der Waals surface area contributed by atoms with E-state index in [1.807, 2.05) is 30.3 Å². The first-order valence-electron chi connectivity index (χ1n) is 9.18. The van der Waals surface area contributed by atoms with E-state index in [9.17, 15) is 28.4 Å². The number of sulfonamides is 1. The number of hydrazone groups is 1. The molecule has 3 N–H and O–H groups in total. The summed E-state index contributed by atoms with van der Waals surface area (Å²) < 4.78 is 28.3. The Bertz CT molecular complexity index is 1310. The zero-order chi connectivity index (χ0) is 23.3. The molecule has 0 spiro atoms. The number of rotatable bonds is 8. The molecule has 0 bridgehead atoms. The maximum Gasteiger partial charge on any atom is 0.337 e. The van der Waals surface area contributed by atoms with Crippen LogP contribution in [0.3, 0.4) is 0 Å². The van der Waals surface area contributed by atoms with E-state index >= 15 is 0 Å². The molecule has 11 heteroatoms. The van der Waals surface area contributed by atoms with Gasteiger partial charge in [0.05, 0.1) is 27.6 Å². The second-order valence-corrected chi connectivity index (χ2v) is 8.22. The zero-order valence-corrected chi connectivity index (χ0v) is 17.5. The van der Waals surface area contributed by atoms with Crippen molar-refractivity contribution in [1.29, 1.82) is 0 Å². The molecule has 0 fully saturated rings. The van der Waals surface area contributed by atoms with E-state index in [0.29, 0.717) is 5.71 Å². The summed E-state index contributed by atoms with van der Waals surface area (Å²) in [5.74, 6) is -1.33. The number of para-hydroxylation sites is 1. The Morgan fingerprint density at radius 1 is 1.00 bits per heavy atom. The average Bonchev–Trinajstić information content (AvgIpc) is 2.77. The molecule has 0 amide bonds. The first-order valence-corrected chi connectivity index (χ1v) is 10.7. The van der Waals surface area contributed by atoms with Crippen molar-refractivity contribution in [2.45, 2.75) is 11.8 Å². The third-order valence-corrected chi connectivity index (χ3v) is 5.81. The number of anilines is 2. The van der Waals surface area contributed by atoms with Crippen LogP contribution in [-0.4, -0.2) is 30.1 Å². The minimum absolute atomic E-state index is 0.0220. The topological polar surface area (TPSA) is 151 Å². The van der Waals surface area contributed by atoms with Crippen molar-refractivity contribution in [1.82, 2.24) is 0 Å². The number of non-ortho nitro benzene ring substituents is 1. The van der Waals surface area contributed by atoms with Crippen LogP contribution in [0.4, 0.5) is 17.1 Å². The van der Waals surface area contributed by atoms with Crippen molar-refractivity contribution in [2.75, 3.05) is 10.1 Å². The fourth-order valence-electron chi connectivity index (χ4n) is 2.79. The van der Waals surface area contributed by atoms with E-state index < -0.39 is 31.5 Å². The molecule has 0 saturated heterocycles. The number of nitrogens with one attached hydrogen (secondary N) is 2. The van der Waals surface area contributed by atoms with Crippen LogP contribution in [0.25, 0.3) is 0 Å². The highest BCUT2D eigenvalue weighted by atomic mass is 32.2. The number of aromatic carboxylic acids is 1. The second kappa shape index (κ2) is 9.27. The molecule has 0 atom stereocenters. The second-order valence-electron chi connectivity index (χ2n) is 6.57. The highest BCUT2D eigenvalue weighted by molar-refractivity contribution is 7.93. The molecule has 0 heterocycles. The molecule has 32 heavy (non-hydrogen) atoms. The lowest BCUT2D eigenvalue weighted by Crippen LogP contribution is -2.17.